The summed E-state index contributed by atoms with van der Waals surface area (Å²) in [4.78, 5) is 51.1. The smallest absolute Gasteiger partial charge is 0.274 e. The average Bonchev–Trinajstić information content (AvgIpc) is 3.37. The number of methoxy groups -OCH3 is 2. The van der Waals surface area contributed by atoms with Crippen molar-refractivity contribution in [2.24, 2.45) is 5.92 Å². The van der Waals surface area contributed by atoms with E-state index in [1.807, 2.05) is 13.8 Å². The number of Topliss-reactive ketones (excluding diaryl/α,β-unsaturated/α-hetero) is 1. The molecule has 0 saturated carbocycles. The van der Waals surface area contributed by atoms with Gasteiger partial charge in [-0.3, -0.25) is 19.2 Å². The van der Waals surface area contributed by atoms with Crippen molar-refractivity contribution in [1.29, 1.82) is 0 Å². The van der Waals surface area contributed by atoms with Crippen LogP contribution < -0.4 is 16.0 Å². The van der Waals surface area contributed by atoms with E-state index in [0.717, 1.165) is 0 Å². The van der Waals surface area contributed by atoms with Gasteiger partial charge in [-0.25, -0.2) is 0 Å². The molecule has 3 N–H and O–H groups in total. The molecule has 1 unspecified atom stereocenters. The fourth-order valence-electron chi connectivity index (χ4n) is 3.27. The molecule has 1 aliphatic rings. The number of aromatic nitrogens is 1. The van der Waals surface area contributed by atoms with Crippen molar-refractivity contribution in [1.82, 2.24) is 21.1 Å². The first-order chi connectivity index (χ1) is 16.0. The fraction of sp³-hybridized carbons (Fsp3) is 0.682. The fourth-order valence-corrected chi connectivity index (χ4v) is 3.27. The van der Waals surface area contributed by atoms with Crippen molar-refractivity contribution in [2.45, 2.75) is 57.8 Å². The Balaban J connectivity index is 2.08. The third-order valence-corrected chi connectivity index (χ3v) is 5.22. The summed E-state index contributed by atoms with van der Waals surface area (Å²) in [5.41, 5.74) is -0.899. The van der Waals surface area contributed by atoms with Crippen molar-refractivity contribution < 1.29 is 37.9 Å². The van der Waals surface area contributed by atoms with E-state index in [4.69, 9.17) is 18.7 Å². The molecule has 1 aliphatic heterocycles. The number of ether oxygens (including phenoxy) is 3. The maximum Gasteiger partial charge on any atom is 0.274 e. The number of hydrogen-bond acceptors (Lipinski definition) is 9. The molecule has 1 saturated heterocycles. The monoisotopic (exact) mass is 482 g/mol. The van der Waals surface area contributed by atoms with Crippen molar-refractivity contribution in [3.8, 4) is 0 Å². The van der Waals surface area contributed by atoms with Crippen LogP contribution in [0.4, 0.5) is 0 Å². The van der Waals surface area contributed by atoms with Gasteiger partial charge in [0.25, 0.3) is 5.91 Å². The van der Waals surface area contributed by atoms with E-state index in [-0.39, 0.29) is 30.6 Å². The van der Waals surface area contributed by atoms with E-state index in [0.29, 0.717) is 18.8 Å². The van der Waals surface area contributed by atoms with Crippen LogP contribution >= 0.6 is 0 Å². The predicted octanol–water partition coefficient (Wildman–Crippen LogP) is -0.252. The van der Waals surface area contributed by atoms with Gasteiger partial charge in [0.15, 0.2) is 11.5 Å². The van der Waals surface area contributed by atoms with Crippen LogP contribution in [0.15, 0.2) is 10.6 Å². The van der Waals surface area contributed by atoms with Crippen LogP contribution in [0.25, 0.3) is 0 Å². The number of carbonyl (C=O) groups is 4. The van der Waals surface area contributed by atoms with Crippen LogP contribution in [0.3, 0.4) is 0 Å². The molecule has 0 aromatic carbocycles. The number of ketones is 1. The zero-order valence-corrected chi connectivity index (χ0v) is 20.4. The topological polar surface area (TPSA) is 161 Å². The highest BCUT2D eigenvalue weighted by Crippen LogP contribution is 2.29. The third-order valence-electron chi connectivity index (χ3n) is 5.22. The van der Waals surface area contributed by atoms with E-state index in [2.05, 4.69) is 21.1 Å². The van der Waals surface area contributed by atoms with Crippen molar-refractivity contribution in [3.63, 3.8) is 0 Å². The van der Waals surface area contributed by atoms with Gasteiger partial charge in [0.05, 0.1) is 25.9 Å². The Morgan fingerprint density at radius 1 is 1.03 bits per heavy atom. The van der Waals surface area contributed by atoms with Crippen LogP contribution in [0.2, 0.25) is 0 Å². The summed E-state index contributed by atoms with van der Waals surface area (Å²) < 4.78 is 20.3. The Morgan fingerprint density at radius 3 is 2.00 bits per heavy atom. The van der Waals surface area contributed by atoms with E-state index >= 15 is 0 Å². The highest BCUT2D eigenvalue weighted by Gasteiger charge is 2.50. The molecule has 0 bridgehead atoms. The first-order valence-electron chi connectivity index (χ1n) is 11.0. The molecule has 1 aromatic heterocycles. The summed E-state index contributed by atoms with van der Waals surface area (Å²) in [6.45, 7) is 7.18. The lowest BCUT2D eigenvalue weighted by Crippen LogP contribution is -2.58. The molecule has 190 valence electrons. The minimum atomic E-state index is -1.12. The molecule has 0 spiro atoms. The van der Waals surface area contributed by atoms with Gasteiger partial charge in [0.2, 0.25) is 11.8 Å². The maximum atomic E-state index is 13.0. The largest absolute Gasteiger partial charge is 0.382 e. The van der Waals surface area contributed by atoms with E-state index in [1.165, 1.54) is 20.3 Å². The number of aryl methyl sites for hydroxylation is 1. The van der Waals surface area contributed by atoms with Crippen LogP contribution in [0.5, 0.6) is 0 Å². The van der Waals surface area contributed by atoms with Crippen LogP contribution in [0.1, 0.15) is 43.4 Å². The van der Waals surface area contributed by atoms with Gasteiger partial charge in [-0.05, 0) is 26.2 Å². The van der Waals surface area contributed by atoms with Crippen molar-refractivity contribution >= 4 is 23.5 Å². The molecule has 0 aliphatic carbocycles. The van der Waals surface area contributed by atoms with Gasteiger partial charge < -0.3 is 34.7 Å². The van der Waals surface area contributed by atoms with Gasteiger partial charge in [0.1, 0.15) is 23.4 Å². The Bertz CT molecular complexity index is 880. The number of carbonyl (C=O) groups excluding carboxylic acids is 4. The second-order valence-electron chi connectivity index (χ2n) is 8.90. The molecule has 4 atom stereocenters. The zero-order valence-electron chi connectivity index (χ0n) is 20.4. The molecule has 3 amide bonds. The van der Waals surface area contributed by atoms with Crippen molar-refractivity contribution in [3.05, 3.63) is 17.5 Å². The lowest BCUT2D eigenvalue weighted by molar-refractivity contribution is -0.134. The quantitative estimate of drug-likeness (QED) is 0.304. The lowest BCUT2D eigenvalue weighted by Gasteiger charge is -2.26. The number of nitrogens with zero attached hydrogens (tertiary/aromatic N) is 1. The average molecular weight is 483 g/mol. The van der Waals surface area contributed by atoms with Gasteiger partial charge in [-0.15, -0.1) is 0 Å². The molecular formula is C22H34N4O8. The number of nitrogens with one attached hydrogen (secondary N) is 3. The minimum Gasteiger partial charge on any atom is -0.382 e. The summed E-state index contributed by atoms with van der Waals surface area (Å²) in [7, 11) is 2.75. The second-order valence-corrected chi connectivity index (χ2v) is 8.90. The van der Waals surface area contributed by atoms with Gasteiger partial charge in [-0.1, -0.05) is 19.0 Å². The molecule has 1 fully saturated rings. The van der Waals surface area contributed by atoms with Gasteiger partial charge in [0, 0.05) is 20.3 Å². The highest BCUT2D eigenvalue weighted by molar-refractivity contribution is 5.99. The number of epoxide rings is 1. The summed E-state index contributed by atoms with van der Waals surface area (Å²) in [5, 5.41) is 11.4. The Hall–Kier alpha value is -2.83. The first-order valence-corrected chi connectivity index (χ1v) is 11.0. The SMILES string of the molecule is COC[C@H](NC(=O)c1cc(C)on1)C(=O)N[C@@H](COC)C(=O)NC(CC(C)C)C(=O)[C@@]1(C)CO1. The number of hydrogen-bond donors (Lipinski definition) is 3. The maximum absolute atomic E-state index is 13.0. The van der Waals surface area contributed by atoms with Crippen LogP contribution in [-0.2, 0) is 28.6 Å². The summed E-state index contributed by atoms with van der Waals surface area (Å²) in [6.07, 6.45) is 0.413. The van der Waals surface area contributed by atoms with E-state index in [9.17, 15) is 19.2 Å². The molecule has 0 radical (unpaired) electrons. The predicted molar refractivity (Wildman–Crippen MR) is 119 cm³/mol. The van der Waals surface area contributed by atoms with Crippen LogP contribution in [-0.4, -0.2) is 86.4 Å². The highest BCUT2D eigenvalue weighted by atomic mass is 16.6. The molecule has 2 rings (SSSR count). The molecule has 12 heteroatoms. The second kappa shape index (κ2) is 12.0. The number of amides is 3. The summed E-state index contributed by atoms with van der Waals surface area (Å²) >= 11 is 0. The van der Waals surface area contributed by atoms with Gasteiger partial charge in [-0.2, -0.15) is 0 Å². The van der Waals surface area contributed by atoms with Crippen LogP contribution in [0, 0.1) is 12.8 Å². The van der Waals surface area contributed by atoms with Crippen molar-refractivity contribution in [2.75, 3.05) is 34.0 Å². The summed E-state index contributed by atoms with van der Waals surface area (Å²) in [5.74, 6) is -1.55. The van der Waals surface area contributed by atoms with E-state index < -0.39 is 41.4 Å². The Kier molecular flexibility index (Phi) is 9.71. The minimum absolute atomic E-state index is 0.00316. The molecule has 2 heterocycles. The summed E-state index contributed by atoms with van der Waals surface area (Å²) in [6, 6.07) is -1.58. The molecule has 1 aromatic rings. The lowest BCUT2D eigenvalue weighted by atomic mass is 9.93. The first kappa shape index (κ1) is 27.4. The molecule has 12 nitrogen and oxygen atoms in total. The number of rotatable bonds is 14. The molecule has 34 heavy (non-hydrogen) atoms. The standard InChI is InChI=1S/C22H34N4O8/c1-12(2)7-14(18(27)22(4)11-33-22)23-20(29)16(9-31-5)25-21(30)17(10-32-6)24-19(28)15-8-13(3)34-26-15/h8,12,14,16-17H,7,9-11H2,1-6H3,(H,23,29)(H,24,28)(H,25,30)/t14?,16-,17-,22+/m0/s1. The Labute approximate surface area is 198 Å². The normalized spacial score (nSPS) is 19.7. The molecular weight excluding hydrogens is 448 g/mol. The van der Waals surface area contributed by atoms with E-state index in [1.54, 1.807) is 13.8 Å². The zero-order chi connectivity index (χ0) is 25.5. The Morgan fingerprint density at radius 2 is 1.56 bits per heavy atom. The van der Waals surface area contributed by atoms with Gasteiger partial charge >= 0.3 is 0 Å². The third kappa shape index (κ3) is 7.61.